The lowest BCUT2D eigenvalue weighted by Crippen LogP contribution is -2.37. The van der Waals surface area contributed by atoms with E-state index in [1.165, 1.54) is 5.56 Å². The number of benzene rings is 1. The third-order valence-electron chi connectivity index (χ3n) is 3.74. The Labute approximate surface area is 170 Å². The van der Waals surface area contributed by atoms with Crippen LogP contribution in [-0.4, -0.2) is 32.6 Å². The topological polar surface area (TPSA) is 102 Å². The minimum atomic E-state index is -0.581. The summed E-state index contributed by atoms with van der Waals surface area (Å²) >= 11 is 0. The van der Waals surface area contributed by atoms with Gasteiger partial charge in [-0.15, -0.1) is 24.0 Å². The first-order valence-electron chi connectivity index (χ1n) is 8.00. The van der Waals surface area contributed by atoms with Crippen LogP contribution in [0.15, 0.2) is 39.7 Å². The third-order valence-corrected chi connectivity index (χ3v) is 3.74. The van der Waals surface area contributed by atoms with E-state index in [2.05, 4.69) is 27.8 Å². The lowest BCUT2D eigenvalue weighted by molar-refractivity contribution is 0.0972. The molecule has 0 aliphatic rings. The van der Waals surface area contributed by atoms with Crippen molar-refractivity contribution in [3.05, 3.63) is 53.0 Å². The van der Waals surface area contributed by atoms with E-state index in [0.717, 1.165) is 24.3 Å². The predicted molar refractivity (Wildman–Crippen MR) is 112 cm³/mol. The molecule has 7 nitrogen and oxygen atoms in total. The molecule has 8 heteroatoms. The molecule has 0 aliphatic heterocycles. The number of carbonyl (C=O) groups excluding carboxylic acids is 1. The standard InChI is InChI=1S/C18H24N4O3.HI/c1-12-4-5-13(10-16(12)24-3)8-9-21-18(20-2)22-11-14-6-7-15(25-14)17(19)23;/h4-7,10H,8-9,11H2,1-3H3,(H2,19,23)(H2,20,21,22);1H. The van der Waals surface area contributed by atoms with Gasteiger partial charge in [0.15, 0.2) is 11.7 Å². The van der Waals surface area contributed by atoms with E-state index in [1.807, 2.05) is 13.0 Å². The molecule has 0 saturated heterocycles. The monoisotopic (exact) mass is 472 g/mol. The molecule has 0 fully saturated rings. The number of nitrogens with two attached hydrogens (primary N) is 1. The molecule has 0 unspecified atom stereocenters. The summed E-state index contributed by atoms with van der Waals surface area (Å²) in [5, 5.41) is 6.36. The van der Waals surface area contributed by atoms with Crippen molar-refractivity contribution in [3.8, 4) is 5.75 Å². The number of amides is 1. The third kappa shape index (κ3) is 6.25. The lowest BCUT2D eigenvalue weighted by atomic mass is 10.1. The van der Waals surface area contributed by atoms with Crippen LogP contribution in [-0.2, 0) is 13.0 Å². The van der Waals surface area contributed by atoms with Gasteiger partial charge in [0.1, 0.15) is 11.5 Å². The van der Waals surface area contributed by atoms with Gasteiger partial charge < -0.3 is 25.5 Å². The minimum absolute atomic E-state index is 0. The number of hydrogen-bond acceptors (Lipinski definition) is 4. The van der Waals surface area contributed by atoms with Crippen molar-refractivity contribution in [1.82, 2.24) is 10.6 Å². The molecule has 2 rings (SSSR count). The van der Waals surface area contributed by atoms with Crippen LogP contribution in [0.2, 0.25) is 0 Å². The second kappa shape index (κ2) is 10.7. The number of nitrogens with zero attached hydrogens (tertiary/aromatic N) is 1. The van der Waals surface area contributed by atoms with Gasteiger partial charge in [0.25, 0.3) is 5.91 Å². The molecule has 26 heavy (non-hydrogen) atoms. The number of aryl methyl sites for hydroxylation is 1. The van der Waals surface area contributed by atoms with Crippen molar-refractivity contribution in [2.75, 3.05) is 20.7 Å². The van der Waals surface area contributed by atoms with Crippen LogP contribution < -0.4 is 21.1 Å². The molecule has 1 aromatic heterocycles. The van der Waals surface area contributed by atoms with Crippen molar-refractivity contribution in [3.63, 3.8) is 0 Å². The Kier molecular flexibility index (Phi) is 8.97. The van der Waals surface area contributed by atoms with Crippen LogP contribution in [0.1, 0.15) is 27.4 Å². The van der Waals surface area contributed by atoms with Gasteiger partial charge in [-0.05, 0) is 42.7 Å². The Balaban J connectivity index is 0.00000338. The fourth-order valence-corrected chi connectivity index (χ4v) is 2.34. The average Bonchev–Trinajstić information content (AvgIpc) is 3.08. The molecule has 1 heterocycles. The first kappa shape index (κ1) is 21.8. The van der Waals surface area contributed by atoms with Crippen LogP contribution in [0.4, 0.5) is 0 Å². The number of hydrogen-bond donors (Lipinski definition) is 3. The van der Waals surface area contributed by atoms with Crippen LogP contribution in [0.3, 0.4) is 0 Å². The van der Waals surface area contributed by atoms with E-state index < -0.39 is 5.91 Å². The molecule has 0 aliphatic carbocycles. The van der Waals surface area contributed by atoms with Gasteiger partial charge in [-0.1, -0.05) is 12.1 Å². The van der Waals surface area contributed by atoms with E-state index in [1.54, 1.807) is 26.3 Å². The molecule has 0 spiro atoms. The molecule has 1 aromatic carbocycles. The highest BCUT2D eigenvalue weighted by Crippen LogP contribution is 2.18. The maximum absolute atomic E-state index is 11.0. The van der Waals surface area contributed by atoms with Gasteiger partial charge in [-0.2, -0.15) is 0 Å². The summed E-state index contributed by atoms with van der Waals surface area (Å²) in [7, 11) is 3.37. The second-order valence-electron chi connectivity index (χ2n) is 5.54. The molecule has 0 atom stereocenters. The highest BCUT2D eigenvalue weighted by molar-refractivity contribution is 14.0. The Morgan fingerprint density at radius 3 is 2.65 bits per heavy atom. The Hall–Kier alpha value is -2.23. The SMILES string of the molecule is CN=C(NCCc1ccc(C)c(OC)c1)NCc1ccc(C(N)=O)o1.I. The molecule has 0 bridgehead atoms. The molecule has 1 amide bonds. The van der Waals surface area contributed by atoms with E-state index in [4.69, 9.17) is 14.9 Å². The normalized spacial score (nSPS) is 10.8. The molecule has 2 aromatic rings. The number of methoxy groups -OCH3 is 1. The summed E-state index contributed by atoms with van der Waals surface area (Å²) < 4.78 is 10.7. The van der Waals surface area contributed by atoms with Crippen LogP contribution in [0.25, 0.3) is 0 Å². The quantitative estimate of drug-likeness (QED) is 0.326. The summed E-state index contributed by atoms with van der Waals surface area (Å²) in [5.74, 6) is 1.72. The Bertz CT molecular complexity index is 759. The zero-order valence-electron chi connectivity index (χ0n) is 15.2. The van der Waals surface area contributed by atoms with E-state index in [9.17, 15) is 4.79 Å². The van der Waals surface area contributed by atoms with Crippen molar-refractivity contribution < 1.29 is 13.9 Å². The Morgan fingerprint density at radius 2 is 2.04 bits per heavy atom. The zero-order chi connectivity index (χ0) is 18.2. The first-order chi connectivity index (χ1) is 12.0. The van der Waals surface area contributed by atoms with Gasteiger partial charge in [0.05, 0.1) is 13.7 Å². The number of furan rings is 1. The molecular formula is C18H25IN4O3. The summed E-state index contributed by atoms with van der Waals surface area (Å²) in [6.45, 7) is 3.15. The maximum Gasteiger partial charge on any atom is 0.284 e. The van der Waals surface area contributed by atoms with Gasteiger partial charge in [0.2, 0.25) is 0 Å². The number of ether oxygens (including phenoxy) is 1. The lowest BCUT2D eigenvalue weighted by Gasteiger charge is -2.12. The van der Waals surface area contributed by atoms with Crippen molar-refractivity contribution in [1.29, 1.82) is 0 Å². The van der Waals surface area contributed by atoms with Gasteiger partial charge in [0, 0.05) is 13.6 Å². The highest BCUT2D eigenvalue weighted by atomic mass is 127. The molecule has 4 N–H and O–H groups in total. The molecular weight excluding hydrogens is 447 g/mol. The molecule has 0 radical (unpaired) electrons. The van der Waals surface area contributed by atoms with E-state index >= 15 is 0 Å². The fraction of sp³-hybridized carbons (Fsp3) is 0.333. The first-order valence-corrected chi connectivity index (χ1v) is 8.00. The van der Waals surface area contributed by atoms with E-state index in [0.29, 0.717) is 18.3 Å². The van der Waals surface area contributed by atoms with Crippen LogP contribution in [0, 0.1) is 6.92 Å². The summed E-state index contributed by atoms with van der Waals surface area (Å²) in [4.78, 5) is 15.2. The number of nitrogens with one attached hydrogen (secondary N) is 2. The number of rotatable bonds is 7. The van der Waals surface area contributed by atoms with Crippen molar-refractivity contribution in [2.45, 2.75) is 19.9 Å². The minimum Gasteiger partial charge on any atom is -0.496 e. The van der Waals surface area contributed by atoms with E-state index in [-0.39, 0.29) is 29.7 Å². The number of primary amides is 1. The summed E-state index contributed by atoms with van der Waals surface area (Å²) in [6, 6.07) is 9.44. The summed E-state index contributed by atoms with van der Waals surface area (Å²) in [5.41, 5.74) is 7.46. The van der Waals surface area contributed by atoms with Gasteiger partial charge in [-0.25, -0.2) is 0 Å². The zero-order valence-corrected chi connectivity index (χ0v) is 17.5. The van der Waals surface area contributed by atoms with Gasteiger partial charge in [-0.3, -0.25) is 9.79 Å². The van der Waals surface area contributed by atoms with Gasteiger partial charge >= 0.3 is 0 Å². The fourth-order valence-electron chi connectivity index (χ4n) is 2.34. The molecule has 142 valence electrons. The number of aliphatic imine (C=N–C) groups is 1. The largest absolute Gasteiger partial charge is 0.496 e. The highest BCUT2D eigenvalue weighted by Gasteiger charge is 2.07. The maximum atomic E-state index is 11.0. The van der Waals surface area contributed by atoms with Crippen molar-refractivity contribution in [2.24, 2.45) is 10.7 Å². The van der Waals surface area contributed by atoms with Crippen molar-refractivity contribution >= 4 is 35.8 Å². The number of guanidine groups is 1. The van der Waals surface area contributed by atoms with Crippen LogP contribution >= 0.6 is 24.0 Å². The average molecular weight is 472 g/mol. The summed E-state index contributed by atoms with van der Waals surface area (Å²) in [6.07, 6.45) is 0.837. The second-order valence-corrected chi connectivity index (χ2v) is 5.54. The predicted octanol–water partition coefficient (Wildman–Crippen LogP) is 2.22. The Morgan fingerprint density at radius 1 is 1.27 bits per heavy atom. The molecule has 0 saturated carbocycles. The smallest absolute Gasteiger partial charge is 0.284 e. The number of carbonyl (C=O) groups is 1. The number of halogens is 1. The van der Waals surface area contributed by atoms with Crippen LogP contribution in [0.5, 0.6) is 5.75 Å².